The molecule has 0 N–H and O–H groups in total. The molecule has 2 radical (unpaired) electrons. The molecule has 0 bridgehead atoms. The largest absolute Gasteiger partial charge is 0.261 e. The molecular formula is C8H9N. The first-order valence-corrected chi connectivity index (χ1v) is 2.89. The Morgan fingerprint density at radius 2 is 2.11 bits per heavy atom. The topological polar surface area (TPSA) is 12.9 Å². The Bertz CT molecular complexity index is 196. The van der Waals surface area contributed by atoms with Crippen molar-refractivity contribution < 1.29 is 0 Å². The smallest absolute Gasteiger partial charge is 0.0410 e. The maximum absolute atomic E-state index is 5.62. The fraction of sp³-hybridized carbons (Fsp3) is 0.250. The van der Waals surface area contributed by atoms with Crippen molar-refractivity contribution >= 4 is 0 Å². The van der Waals surface area contributed by atoms with Crippen molar-refractivity contribution in [1.82, 2.24) is 4.98 Å². The van der Waals surface area contributed by atoms with Gasteiger partial charge in [0.25, 0.3) is 0 Å². The standard InChI is InChI=1S/C8H9N/c1-6-4-5-9-8(3)7(6)2/h2,4-5H,1,3H3. The maximum Gasteiger partial charge on any atom is 0.0410 e. The van der Waals surface area contributed by atoms with Crippen LogP contribution in [0.2, 0.25) is 0 Å². The van der Waals surface area contributed by atoms with Crippen LogP contribution < -0.4 is 0 Å². The van der Waals surface area contributed by atoms with Gasteiger partial charge in [-0.1, -0.05) is 0 Å². The number of hydrogen-bond acceptors (Lipinski definition) is 1. The summed E-state index contributed by atoms with van der Waals surface area (Å²) in [4.78, 5) is 4.01. The molecule has 0 aliphatic heterocycles. The molecular weight excluding hydrogens is 110 g/mol. The number of pyridine rings is 1. The van der Waals surface area contributed by atoms with E-state index in [2.05, 4.69) is 4.98 Å². The van der Waals surface area contributed by atoms with E-state index in [1.165, 1.54) is 0 Å². The van der Waals surface area contributed by atoms with Gasteiger partial charge in [0, 0.05) is 18.8 Å². The molecule has 1 heterocycles. The van der Waals surface area contributed by atoms with Crippen LogP contribution in [0.15, 0.2) is 12.3 Å². The molecule has 1 rings (SSSR count). The van der Waals surface area contributed by atoms with Crippen molar-refractivity contribution in [3.05, 3.63) is 36.0 Å². The first-order valence-electron chi connectivity index (χ1n) is 2.89. The molecule has 0 unspecified atom stereocenters. The Hall–Kier alpha value is -0.850. The lowest BCUT2D eigenvalue weighted by Crippen LogP contribution is -1.87. The molecule has 0 saturated carbocycles. The Morgan fingerprint density at radius 1 is 1.44 bits per heavy atom. The number of nitrogens with zero attached hydrogens (tertiary/aromatic N) is 1. The predicted octanol–water partition coefficient (Wildman–Crippen LogP) is 1.76. The zero-order valence-electron chi connectivity index (χ0n) is 5.68. The molecule has 1 heteroatoms. The molecule has 0 amide bonds. The summed E-state index contributed by atoms with van der Waals surface area (Å²) in [5, 5.41) is 0. The summed E-state index contributed by atoms with van der Waals surface area (Å²) in [6.45, 7) is 9.50. The molecule has 0 fully saturated rings. The average Bonchev–Trinajstić information content (AvgIpc) is 1.83. The van der Waals surface area contributed by atoms with Crippen LogP contribution in [-0.2, 0) is 0 Å². The molecule has 0 aliphatic rings. The molecule has 0 aliphatic carbocycles. The molecule has 0 atom stereocenters. The zero-order valence-corrected chi connectivity index (χ0v) is 5.68. The van der Waals surface area contributed by atoms with Gasteiger partial charge in [0.2, 0.25) is 0 Å². The SMILES string of the molecule is [CH]c1c(C)ccnc1C. The first-order chi connectivity index (χ1) is 4.22. The zero-order chi connectivity index (χ0) is 6.85. The Morgan fingerprint density at radius 3 is 2.56 bits per heavy atom. The normalized spacial score (nSPS) is 9.67. The monoisotopic (exact) mass is 119 g/mol. The third kappa shape index (κ3) is 1.10. The molecule has 9 heavy (non-hydrogen) atoms. The highest BCUT2D eigenvalue weighted by molar-refractivity contribution is 5.30. The highest BCUT2D eigenvalue weighted by atomic mass is 14.7. The van der Waals surface area contributed by atoms with Crippen molar-refractivity contribution in [3.8, 4) is 0 Å². The van der Waals surface area contributed by atoms with E-state index < -0.39 is 0 Å². The van der Waals surface area contributed by atoms with Crippen LogP contribution in [0.5, 0.6) is 0 Å². The van der Waals surface area contributed by atoms with Crippen LogP contribution in [0.25, 0.3) is 0 Å². The highest BCUT2D eigenvalue weighted by Crippen LogP contribution is 2.06. The minimum Gasteiger partial charge on any atom is -0.261 e. The molecule has 0 aromatic carbocycles. The lowest BCUT2D eigenvalue weighted by Gasteiger charge is -1.99. The summed E-state index contributed by atoms with van der Waals surface area (Å²) in [5.41, 5.74) is 2.81. The maximum atomic E-state index is 5.62. The molecule has 1 aromatic heterocycles. The third-order valence-electron chi connectivity index (χ3n) is 1.41. The molecule has 1 nitrogen and oxygen atoms in total. The second-order valence-corrected chi connectivity index (χ2v) is 2.13. The van der Waals surface area contributed by atoms with Crippen molar-refractivity contribution in [2.24, 2.45) is 0 Å². The fourth-order valence-corrected chi connectivity index (χ4v) is 0.706. The van der Waals surface area contributed by atoms with Crippen LogP contribution in [-0.4, -0.2) is 4.98 Å². The average molecular weight is 119 g/mol. The van der Waals surface area contributed by atoms with E-state index in [9.17, 15) is 0 Å². The summed E-state index contributed by atoms with van der Waals surface area (Å²) in [6.07, 6.45) is 1.76. The van der Waals surface area contributed by atoms with Gasteiger partial charge in [0.1, 0.15) is 0 Å². The van der Waals surface area contributed by atoms with Crippen molar-refractivity contribution in [1.29, 1.82) is 0 Å². The van der Waals surface area contributed by atoms with E-state index in [4.69, 9.17) is 6.92 Å². The van der Waals surface area contributed by atoms with Gasteiger partial charge in [-0.3, -0.25) is 4.98 Å². The lowest BCUT2D eigenvalue weighted by molar-refractivity contribution is 1.15. The van der Waals surface area contributed by atoms with Crippen LogP contribution in [0.4, 0.5) is 0 Å². The van der Waals surface area contributed by atoms with E-state index in [-0.39, 0.29) is 0 Å². The third-order valence-corrected chi connectivity index (χ3v) is 1.41. The summed E-state index contributed by atoms with van der Waals surface area (Å²) in [7, 11) is 0. The Kier molecular flexibility index (Phi) is 1.52. The molecule has 1 aromatic rings. The quantitative estimate of drug-likeness (QED) is 0.507. The van der Waals surface area contributed by atoms with Crippen LogP contribution >= 0.6 is 0 Å². The van der Waals surface area contributed by atoms with Gasteiger partial charge in [0.05, 0.1) is 0 Å². The van der Waals surface area contributed by atoms with Gasteiger partial charge in [0.15, 0.2) is 0 Å². The first kappa shape index (κ1) is 6.27. The van der Waals surface area contributed by atoms with E-state index in [1.54, 1.807) is 6.20 Å². The van der Waals surface area contributed by atoms with Gasteiger partial charge in [-0.25, -0.2) is 0 Å². The van der Waals surface area contributed by atoms with Crippen LogP contribution in [0.1, 0.15) is 16.8 Å². The highest BCUT2D eigenvalue weighted by Gasteiger charge is 1.93. The van der Waals surface area contributed by atoms with Crippen molar-refractivity contribution in [3.63, 3.8) is 0 Å². The molecule has 46 valence electrons. The summed E-state index contributed by atoms with van der Waals surface area (Å²) < 4.78 is 0. The van der Waals surface area contributed by atoms with Crippen LogP contribution in [0.3, 0.4) is 0 Å². The summed E-state index contributed by atoms with van der Waals surface area (Å²) in [5.74, 6) is 0. The molecule has 0 saturated heterocycles. The van der Waals surface area contributed by atoms with Crippen LogP contribution in [0, 0.1) is 20.8 Å². The van der Waals surface area contributed by atoms with Crippen molar-refractivity contribution in [2.75, 3.05) is 0 Å². The minimum absolute atomic E-state index is 0.803. The van der Waals surface area contributed by atoms with E-state index in [0.717, 1.165) is 16.8 Å². The second kappa shape index (κ2) is 2.18. The fourth-order valence-electron chi connectivity index (χ4n) is 0.706. The predicted molar refractivity (Wildman–Crippen MR) is 37.1 cm³/mol. The summed E-state index contributed by atoms with van der Waals surface area (Å²) >= 11 is 0. The van der Waals surface area contributed by atoms with Gasteiger partial charge in [-0.15, -0.1) is 0 Å². The lowest BCUT2D eigenvalue weighted by atomic mass is 10.1. The number of aryl methyl sites for hydroxylation is 2. The second-order valence-electron chi connectivity index (χ2n) is 2.13. The summed E-state index contributed by atoms with van der Waals surface area (Å²) in [6, 6.07) is 1.91. The van der Waals surface area contributed by atoms with Crippen molar-refractivity contribution in [2.45, 2.75) is 13.8 Å². The number of aromatic nitrogens is 1. The molecule has 0 spiro atoms. The number of hydrogen-bond donors (Lipinski definition) is 0. The minimum atomic E-state index is 0.803. The van der Waals surface area contributed by atoms with Gasteiger partial charge >= 0.3 is 0 Å². The van der Waals surface area contributed by atoms with Gasteiger partial charge in [-0.05, 0) is 31.0 Å². The van der Waals surface area contributed by atoms with Gasteiger partial charge < -0.3 is 0 Å². The van der Waals surface area contributed by atoms with E-state index in [1.807, 2.05) is 19.9 Å². The van der Waals surface area contributed by atoms with E-state index >= 15 is 0 Å². The van der Waals surface area contributed by atoms with Gasteiger partial charge in [-0.2, -0.15) is 0 Å². The van der Waals surface area contributed by atoms with E-state index in [0.29, 0.717) is 0 Å². The Balaban J connectivity index is 3.25. The number of rotatable bonds is 0. The Labute approximate surface area is 55.7 Å².